The minimum Gasteiger partial charge on any atom is -0.478 e. The largest absolute Gasteiger partial charge is 0.478 e. The molecule has 0 spiro atoms. The molecule has 1 aromatic heterocycles. The van der Waals surface area contributed by atoms with Crippen molar-refractivity contribution in [3.8, 4) is 0 Å². The summed E-state index contributed by atoms with van der Waals surface area (Å²) in [6, 6.07) is 12.7. The normalized spacial score (nSPS) is 11.1. The number of anilines is 3. The Bertz CT molecular complexity index is 1170. The summed E-state index contributed by atoms with van der Waals surface area (Å²) in [4.78, 5) is 19.7. The first-order chi connectivity index (χ1) is 14.2. The lowest BCUT2D eigenvalue weighted by Crippen LogP contribution is -2.12. The molecule has 0 unspecified atom stereocenters. The molecule has 0 aliphatic rings. The van der Waals surface area contributed by atoms with Gasteiger partial charge < -0.3 is 15.7 Å². The monoisotopic (exact) mass is 491 g/mol. The lowest BCUT2D eigenvalue weighted by Gasteiger charge is -2.11. The van der Waals surface area contributed by atoms with Crippen LogP contribution in [0.4, 0.5) is 17.5 Å². The number of sulfonamides is 1. The molecular weight excluding hydrogens is 474 g/mol. The highest BCUT2D eigenvalue weighted by atomic mass is 79.9. The molecule has 11 heteroatoms. The number of rotatable bonds is 8. The molecule has 0 atom stereocenters. The van der Waals surface area contributed by atoms with Crippen molar-refractivity contribution in [3.63, 3.8) is 0 Å². The van der Waals surface area contributed by atoms with Crippen LogP contribution in [0.1, 0.15) is 15.9 Å². The summed E-state index contributed by atoms with van der Waals surface area (Å²) in [6.07, 6.45) is 2.21. The lowest BCUT2D eigenvalue weighted by molar-refractivity contribution is 0.0697. The smallest absolute Gasteiger partial charge is 0.335 e. The Labute approximate surface area is 181 Å². The zero-order chi connectivity index (χ0) is 21.7. The number of benzene rings is 2. The van der Waals surface area contributed by atoms with Crippen LogP contribution in [-0.2, 0) is 16.4 Å². The average molecular weight is 492 g/mol. The van der Waals surface area contributed by atoms with E-state index in [1.165, 1.54) is 24.3 Å². The van der Waals surface area contributed by atoms with Crippen LogP contribution in [0.2, 0.25) is 0 Å². The Morgan fingerprint density at radius 1 is 1.17 bits per heavy atom. The number of nitrogens with two attached hydrogens (primary N) is 1. The van der Waals surface area contributed by atoms with Gasteiger partial charge in [-0.1, -0.05) is 18.2 Å². The third-order valence-electron chi connectivity index (χ3n) is 4.07. The molecule has 0 saturated carbocycles. The maximum absolute atomic E-state index is 11.3. The van der Waals surface area contributed by atoms with Crippen molar-refractivity contribution in [1.29, 1.82) is 0 Å². The van der Waals surface area contributed by atoms with E-state index in [1.807, 2.05) is 0 Å². The standard InChI is InChI=1S/C19H18BrN5O4S/c20-16-11-23-19(24-14-3-1-2-13(10-14)18(26)27)25-17(16)22-9-8-12-4-6-15(7-5-12)30(21,28)29/h1-7,10-11H,8-9H2,(H,26,27)(H2,21,28,29)(H2,22,23,24,25). The summed E-state index contributed by atoms with van der Waals surface area (Å²) in [6.45, 7) is 0.540. The molecule has 0 fully saturated rings. The first-order valence-electron chi connectivity index (χ1n) is 8.71. The minimum absolute atomic E-state index is 0.0698. The topological polar surface area (TPSA) is 147 Å². The van der Waals surface area contributed by atoms with E-state index < -0.39 is 16.0 Å². The van der Waals surface area contributed by atoms with E-state index in [9.17, 15) is 13.2 Å². The number of primary sulfonamides is 1. The molecule has 5 N–H and O–H groups in total. The van der Waals surface area contributed by atoms with Crippen molar-refractivity contribution in [3.05, 3.63) is 70.3 Å². The zero-order valence-electron chi connectivity index (χ0n) is 15.5. The van der Waals surface area contributed by atoms with E-state index in [-0.39, 0.29) is 10.5 Å². The number of nitrogens with one attached hydrogen (secondary N) is 2. The second kappa shape index (κ2) is 9.20. The lowest BCUT2D eigenvalue weighted by atomic mass is 10.1. The number of nitrogens with zero attached hydrogens (tertiary/aromatic N) is 2. The predicted molar refractivity (Wildman–Crippen MR) is 116 cm³/mol. The van der Waals surface area contributed by atoms with Gasteiger partial charge in [0.15, 0.2) is 0 Å². The molecule has 0 aliphatic heterocycles. The maximum Gasteiger partial charge on any atom is 0.335 e. The van der Waals surface area contributed by atoms with Crippen LogP contribution in [0.15, 0.2) is 64.1 Å². The Hall–Kier alpha value is -3.02. The van der Waals surface area contributed by atoms with E-state index >= 15 is 0 Å². The molecule has 1 heterocycles. The van der Waals surface area contributed by atoms with Gasteiger partial charge in [-0.15, -0.1) is 0 Å². The van der Waals surface area contributed by atoms with E-state index in [0.29, 0.717) is 34.9 Å². The van der Waals surface area contributed by atoms with Crippen LogP contribution >= 0.6 is 15.9 Å². The third-order valence-corrected chi connectivity index (χ3v) is 5.58. The van der Waals surface area contributed by atoms with Gasteiger partial charge in [-0.25, -0.2) is 23.3 Å². The summed E-state index contributed by atoms with van der Waals surface area (Å²) in [5, 5.41) is 20.4. The fraction of sp³-hybridized carbons (Fsp3) is 0.105. The van der Waals surface area contributed by atoms with Crippen molar-refractivity contribution in [2.45, 2.75) is 11.3 Å². The zero-order valence-corrected chi connectivity index (χ0v) is 17.9. The Morgan fingerprint density at radius 3 is 2.57 bits per heavy atom. The van der Waals surface area contributed by atoms with Crippen molar-refractivity contribution in [1.82, 2.24) is 9.97 Å². The Morgan fingerprint density at radius 2 is 1.90 bits per heavy atom. The van der Waals surface area contributed by atoms with Crippen LogP contribution in [0.25, 0.3) is 0 Å². The van der Waals surface area contributed by atoms with E-state index in [2.05, 4.69) is 36.5 Å². The molecule has 0 amide bonds. The van der Waals surface area contributed by atoms with Crippen LogP contribution in [0, 0.1) is 0 Å². The highest BCUT2D eigenvalue weighted by Crippen LogP contribution is 2.22. The molecule has 156 valence electrons. The van der Waals surface area contributed by atoms with Crippen LogP contribution in [0.5, 0.6) is 0 Å². The number of carboxylic acid groups (broad SMARTS) is 1. The maximum atomic E-state index is 11.3. The van der Waals surface area contributed by atoms with Crippen molar-refractivity contribution >= 4 is 49.4 Å². The fourth-order valence-electron chi connectivity index (χ4n) is 2.58. The Kier molecular flexibility index (Phi) is 6.65. The van der Waals surface area contributed by atoms with Crippen molar-refractivity contribution < 1.29 is 18.3 Å². The molecule has 0 aliphatic carbocycles. The van der Waals surface area contributed by atoms with Gasteiger partial charge in [-0.05, 0) is 58.2 Å². The summed E-state index contributed by atoms with van der Waals surface area (Å²) in [5.74, 6) is -0.154. The van der Waals surface area contributed by atoms with Crippen molar-refractivity contribution in [2.24, 2.45) is 5.14 Å². The molecule has 2 aromatic carbocycles. The highest BCUT2D eigenvalue weighted by Gasteiger charge is 2.09. The highest BCUT2D eigenvalue weighted by molar-refractivity contribution is 9.10. The van der Waals surface area contributed by atoms with E-state index in [1.54, 1.807) is 30.5 Å². The molecular formula is C19H18BrN5O4S. The molecule has 3 rings (SSSR count). The summed E-state index contributed by atoms with van der Waals surface area (Å²) in [7, 11) is -3.71. The SMILES string of the molecule is NS(=O)(=O)c1ccc(CCNc2nc(Nc3cccc(C(=O)O)c3)ncc2Br)cc1. The Balaban J connectivity index is 1.64. The van der Waals surface area contributed by atoms with E-state index in [0.717, 1.165) is 5.56 Å². The number of hydrogen-bond acceptors (Lipinski definition) is 7. The number of carbonyl (C=O) groups is 1. The molecule has 3 aromatic rings. The van der Waals surface area contributed by atoms with Gasteiger partial charge in [0, 0.05) is 18.4 Å². The second-order valence-corrected chi connectivity index (χ2v) is 8.68. The summed E-state index contributed by atoms with van der Waals surface area (Å²) in [5.41, 5.74) is 1.64. The van der Waals surface area contributed by atoms with E-state index in [4.69, 9.17) is 10.2 Å². The second-order valence-electron chi connectivity index (χ2n) is 6.27. The number of carboxylic acids is 1. The van der Waals surface area contributed by atoms with Crippen LogP contribution < -0.4 is 15.8 Å². The van der Waals surface area contributed by atoms with Crippen LogP contribution in [-0.4, -0.2) is 36.0 Å². The first-order valence-corrected chi connectivity index (χ1v) is 11.0. The summed E-state index contributed by atoms with van der Waals surface area (Å²) < 4.78 is 23.3. The number of aromatic carboxylic acids is 1. The molecule has 0 saturated heterocycles. The summed E-state index contributed by atoms with van der Waals surface area (Å²) >= 11 is 3.39. The molecule has 9 nitrogen and oxygen atoms in total. The molecule has 30 heavy (non-hydrogen) atoms. The fourth-order valence-corrected chi connectivity index (χ4v) is 3.43. The van der Waals surface area contributed by atoms with Gasteiger partial charge >= 0.3 is 5.97 Å². The molecule has 0 radical (unpaired) electrons. The van der Waals surface area contributed by atoms with Gasteiger partial charge in [0.1, 0.15) is 5.82 Å². The number of aromatic nitrogens is 2. The number of hydrogen-bond donors (Lipinski definition) is 4. The number of halogens is 1. The quantitative estimate of drug-likeness (QED) is 0.375. The average Bonchev–Trinajstić information content (AvgIpc) is 2.70. The third kappa shape index (κ3) is 5.75. The van der Waals surface area contributed by atoms with Crippen molar-refractivity contribution in [2.75, 3.05) is 17.2 Å². The van der Waals surface area contributed by atoms with Gasteiger partial charge in [0.05, 0.1) is 14.9 Å². The van der Waals surface area contributed by atoms with Gasteiger partial charge in [-0.2, -0.15) is 4.98 Å². The van der Waals surface area contributed by atoms with Crippen LogP contribution in [0.3, 0.4) is 0 Å². The van der Waals surface area contributed by atoms with Gasteiger partial charge in [-0.3, -0.25) is 0 Å². The van der Waals surface area contributed by atoms with Gasteiger partial charge in [0.2, 0.25) is 16.0 Å². The first kappa shape index (κ1) is 21.7. The minimum atomic E-state index is -3.71. The predicted octanol–water partition coefficient (Wildman–Crippen LogP) is 2.98. The molecule has 0 bridgehead atoms. The van der Waals surface area contributed by atoms with Gasteiger partial charge in [0.25, 0.3) is 0 Å².